The molecule has 0 radical (unpaired) electrons. The van der Waals surface area contributed by atoms with Crippen molar-refractivity contribution in [1.29, 1.82) is 0 Å². The average molecular weight is 377 g/mol. The zero-order valence-electron chi connectivity index (χ0n) is 12.4. The smallest absolute Gasteiger partial charge is 0.422 e. The highest BCUT2D eigenvalue weighted by molar-refractivity contribution is 7.98. The van der Waals surface area contributed by atoms with Gasteiger partial charge in [0.25, 0.3) is 5.91 Å². The molecule has 1 amide bonds. The number of hydrogen-bond acceptors (Lipinski definition) is 4. The lowest BCUT2D eigenvalue weighted by molar-refractivity contribution is -0.153. The number of ether oxygens (including phenoxy) is 1. The molecule has 0 saturated carbocycles. The molecule has 1 aromatic carbocycles. The monoisotopic (exact) mass is 376 g/mol. The summed E-state index contributed by atoms with van der Waals surface area (Å²) in [4.78, 5) is 16.4. The number of thioether (sulfide) groups is 1. The first-order valence-electron chi connectivity index (χ1n) is 6.59. The molecular formula is C15H12ClF3N2O2S. The van der Waals surface area contributed by atoms with Crippen LogP contribution in [0.3, 0.4) is 0 Å². The molecule has 2 aromatic rings. The molecule has 1 aromatic heterocycles. The van der Waals surface area contributed by atoms with Crippen LogP contribution in [0.5, 0.6) is 5.75 Å². The van der Waals surface area contributed by atoms with Crippen LogP contribution in [0.2, 0.25) is 5.02 Å². The molecule has 0 aliphatic rings. The van der Waals surface area contributed by atoms with Gasteiger partial charge in [-0.1, -0.05) is 11.6 Å². The molecule has 0 bridgehead atoms. The Morgan fingerprint density at radius 1 is 1.38 bits per heavy atom. The number of hydrogen-bond donors (Lipinski definition) is 1. The molecule has 4 nitrogen and oxygen atoms in total. The van der Waals surface area contributed by atoms with Crippen molar-refractivity contribution in [2.75, 3.05) is 18.2 Å². The van der Waals surface area contributed by atoms with E-state index in [9.17, 15) is 18.0 Å². The number of nitrogens with one attached hydrogen (secondary N) is 1. The third-order valence-corrected chi connectivity index (χ3v) is 3.74. The van der Waals surface area contributed by atoms with E-state index in [1.807, 2.05) is 0 Å². The molecule has 1 heterocycles. The first-order chi connectivity index (χ1) is 11.3. The van der Waals surface area contributed by atoms with Crippen LogP contribution in [-0.2, 0) is 0 Å². The van der Waals surface area contributed by atoms with E-state index in [0.29, 0.717) is 10.6 Å². The topological polar surface area (TPSA) is 51.2 Å². The number of carbonyl (C=O) groups excluding carboxylic acids is 1. The fraction of sp³-hybridized carbons (Fsp3) is 0.200. The number of carbonyl (C=O) groups is 1. The predicted molar refractivity (Wildman–Crippen MR) is 87.0 cm³/mol. The molecule has 0 aliphatic heterocycles. The van der Waals surface area contributed by atoms with Crippen LogP contribution in [0.1, 0.15) is 10.4 Å². The van der Waals surface area contributed by atoms with Gasteiger partial charge < -0.3 is 10.1 Å². The van der Waals surface area contributed by atoms with E-state index >= 15 is 0 Å². The van der Waals surface area contributed by atoms with Crippen molar-refractivity contribution in [3.63, 3.8) is 0 Å². The van der Waals surface area contributed by atoms with E-state index in [4.69, 9.17) is 16.3 Å². The number of amides is 1. The van der Waals surface area contributed by atoms with Gasteiger partial charge in [0.1, 0.15) is 10.8 Å². The van der Waals surface area contributed by atoms with Crippen molar-refractivity contribution in [2.24, 2.45) is 0 Å². The van der Waals surface area contributed by atoms with Crippen molar-refractivity contribution < 1.29 is 22.7 Å². The van der Waals surface area contributed by atoms with E-state index in [2.05, 4.69) is 10.3 Å². The van der Waals surface area contributed by atoms with Gasteiger partial charge in [-0.25, -0.2) is 4.98 Å². The summed E-state index contributed by atoms with van der Waals surface area (Å²) in [5.74, 6) is -0.647. The summed E-state index contributed by atoms with van der Waals surface area (Å²) in [7, 11) is 0. The van der Waals surface area contributed by atoms with Gasteiger partial charge in [-0.3, -0.25) is 4.79 Å². The minimum absolute atomic E-state index is 0.0488. The van der Waals surface area contributed by atoms with Gasteiger partial charge in [-0.05, 0) is 36.6 Å². The van der Waals surface area contributed by atoms with E-state index in [0.717, 1.165) is 0 Å². The zero-order valence-corrected chi connectivity index (χ0v) is 13.9. The molecule has 1 N–H and O–H groups in total. The number of aromatic nitrogens is 1. The second-order valence-corrected chi connectivity index (χ2v) is 5.79. The molecular weight excluding hydrogens is 365 g/mol. The highest BCUT2D eigenvalue weighted by atomic mass is 35.5. The van der Waals surface area contributed by atoms with Gasteiger partial charge in [0.15, 0.2) is 6.61 Å². The third-order valence-electron chi connectivity index (χ3n) is 2.79. The molecule has 0 atom stereocenters. The molecule has 0 spiro atoms. The SMILES string of the molecule is CSc1ncccc1C(=O)Nc1cc(Cl)ccc1OCC(F)(F)F. The van der Waals surface area contributed by atoms with Crippen LogP contribution in [-0.4, -0.2) is 29.9 Å². The van der Waals surface area contributed by atoms with Gasteiger partial charge in [0.05, 0.1) is 11.3 Å². The van der Waals surface area contributed by atoms with Gasteiger partial charge in [0, 0.05) is 11.2 Å². The number of rotatable bonds is 5. The average Bonchev–Trinajstić information content (AvgIpc) is 2.53. The summed E-state index contributed by atoms with van der Waals surface area (Å²) in [6, 6.07) is 7.12. The molecule has 2 rings (SSSR count). The molecule has 0 aliphatic carbocycles. The summed E-state index contributed by atoms with van der Waals surface area (Å²) in [5, 5.41) is 3.26. The first kappa shape index (κ1) is 18.4. The van der Waals surface area contributed by atoms with E-state index in [1.54, 1.807) is 24.6 Å². The van der Waals surface area contributed by atoms with Crippen LogP contribution in [0, 0.1) is 0 Å². The van der Waals surface area contributed by atoms with Crippen LogP contribution < -0.4 is 10.1 Å². The number of pyridine rings is 1. The van der Waals surface area contributed by atoms with Gasteiger partial charge >= 0.3 is 6.18 Å². The second-order valence-electron chi connectivity index (χ2n) is 4.56. The Labute approximate surface area is 145 Å². The Morgan fingerprint density at radius 3 is 2.79 bits per heavy atom. The minimum Gasteiger partial charge on any atom is -0.482 e. The van der Waals surface area contributed by atoms with E-state index in [-0.39, 0.29) is 16.5 Å². The van der Waals surface area contributed by atoms with Crippen LogP contribution in [0.15, 0.2) is 41.6 Å². The number of alkyl halides is 3. The molecule has 0 unspecified atom stereocenters. The van der Waals surface area contributed by atoms with Crippen LogP contribution in [0.25, 0.3) is 0 Å². The summed E-state index contributed by atoms with van der Waals surface area (Å²) in [6.45, 7) is -1.47. The second kappa shape index (κ2) is 7.76. The lowest BCUT2D eigenvalue weighted by atomic mass is 10.2. The summed E-state index contributed by atoms with van der Waals surface area (Å²) in [5.41, 5.74) is 0.347. The van der Waals surface area contributed by atoms with Crippen molar-refractivity contribution in [3.8, 4) is 5.75 Å². The highest BCUT2D eigenvalue weighted by Gasteiger charge is 2.29. The summed E-state index contributed by atoms with van der Waals surface area (Å²) in [6.07, 6.45) is -1.19. The number of anilines is 1. The lowest BCUT2D eigenvalue weighted by Crippen LogP contribution is -2.20. The number of halogens is 4. The Kier molecular flexibility index (Phi) is 5.95. The maximum atomic E-state index is 12.4. The molecule has 24 heavy (non-hydrogen) atoms. The molecule has 0 fully saturated rings. The van der Waals surface area contributed by atoms with Gasteiger partial charge in [0.2, 0.25) is 0 Å². The van der Waals surface area contributed by atoms with Crippen molar-refractivity contribution >= 4 is 35.0 Å². The van der Waals surface area contributed by atoms with Crippen molar-refractivity contribution in [1.82, 2.24) is 4.98 Å². The summed E-state index contributed by atoms with van der Waals surface area (Å²) < 4.78 is 41.7. The fourth-order valence-electron chi connectivity index (χ4n) is 1.80. The van der Waals surface area contributed by atoms with Crippen LogP contribution in [0.4, 0.5) is 18.9 Å². The Morgan fingerprint density at radius 2 is 2.12 bits per heavy atom. The van der Waals surface area contributed by atoms with Gasteiger partial charge in [-0.2, -0.15) is 13.2 Å². The third kappa shape index (κ3) is 5.04. The minimum atomic E-state index is -4.49. The zero-order chi connectivity index (χ0) is 17.7. The Balaban J connectivity index is 2.25. The lowest BCUT2D eigenvalue weighted by Gasteiger charge is -2.14. The first-order valence-corrected chi connectivity index (χ1v) is 8.20. The molecule has 9 heteroatoms. The number of nitrogens with zero attached hydrogens (tertiary/aromatic N) is 1. The molecule has 0 saturated heterocycles. The van der Waals surface area contributed by atoms with E-state index < -0.39 is 18.7 Å². The molecule has 128 valence electrons. The maximum absolute atomic E-state index is 12.4. The largest absolute Gasteiger partial charge is 0.482 e. The standard InChI is InChI=1S/C15H12ClF3N2O2S/c1-24-14-10(3-2-6-20-14)13(22)21-11-7-9(16)4-5-12(11)23-8-15(17,18)19/h2-7H,8H2,1H3,(H,21,22). The predicted octanol–water partition coefficient (Wildman–Crippen LogP) is 4.65. The Bertz CT molecular complexity index is 741. The fourth-order valence-corrected chi connectivity index (χ4v) is 2.52. The van der Waals surface area contributed by atoms with Crippen molar-refractivity contribution in [3.05, 3.63) is 47.1 Å². The summed E-state index contributed by atoms with van der Waals surface area (Å²) >= 11 is 7.13. The highest BCUT2D eigenvalue weighted by Crippen LogP contribution is 2.30. The normalized spacial score (nSPS) is 11.2. The van der Waals surface area contributed by atoms with Crippen molar-refractivity contribution in [2.45, 2.75) is 11.2 Å². The maximum Gasteiger partial charge on any atom is 0.422 e. The van der Waals surface area contributed by atoms with E-state index in [1.165, 1.54) is 30.0 Å². The number of benzene rings is 1. The van der Waals surface area contributed by atoms with Crippen LogP contribution >= 0.6 is 23.4 Å². The Hall–Kier alpha value is -1.93. The van der Waals surface area contributed by atoms with Gasteiger partial charge in [-0.15, -0.1) is 11.8 Å². The quantitative estimate of drug-likeness (QED) is 0.772.